The first-order valence-corrected chi connectivity index (χ1v) is 8.22. The summed E-state index contributed by atoms with van der Waals surface area (Å²) >= 11 is 0. The summed E-state index contributed by atoms with van der Waals surface area (Å²) in [4.78, 5) is 14.4. The summed E-state index contributed by atoms with van der Waals surface area (Å²) in [5.41, 5.74) is 2.14. The minimum atomic E-state index is -0.0187. The Kier molecular flexibility index (Phi) is 5.15. The Morgan fingerprint density at radius 1 is 1.33 bits per heavy atom. The van der Waals surface area contributed by atoms with Crippen molar-refractivity contribution in [2.45, 2.75) is 25.9 Å². The van der Waals surface area contributed by atoms with E-state index in [1.807, 2.05) is 46.1 Å². The molecule has 0 saturated heterocycles. The highest BCUT2D eigenvalue weighted by Gasteiger charge is 2.31. The van der Waals surface area contributed by atoms with Crippen molar-refractivity contribution >= 4 is 5.91 Å². The van der Waals surface area contributed by atoms with Crippen LogP contribution in [0.4, 0.5) is 0 Å². The number of fused-ring (bicyclic) bond motifs is 1. The molecule has 24 heavy (non-hydrogen) atoms. The number of nitrogens with zero attached hydrogens (tertiary/aromatic N) is 3. The average molecular weight is 329 g/mol. The highest BCUT2D eigenvalue weighted by atomic mass is 16.5. The van der Waals surface area contributed by atoms with E-state index in [2.05, 4.69) is 12.0 Å². The number of hydrogen-bond donors (Lipinski definition) is 0. The van der Waals surface area contributed by atoms with E-state index in [9.17, 15) is 4.79 Å². The van der Waals surface area contributed by atoms with Gasteiger partial charge >= 0.3 is 0 Å². The first-order valence-electron chi connectivity index (χ1n) is 8.22. The quantitative estimate of drug-likeness (QED) is 0.814. The Labute approximate surface area is 142 Å². The predicted molar refractivity (Wildman–Crippen MR) is 89.9 cm³/mol. The zero-order valence-electron chi connectivity index (χ0n) is 14.1. The molecule has 1 aliphatic rings. The van der Waals surface area contributed by atoms with E-state index in [0.29, 0.717) is 25.4 Å². The zero-order valence-corrected chi connectivity index (χ0v) is 14.1. The van der Waals surface area contributed by atoms with Crippen molar-refractivity contribution in [1.82, 2.24) is 14.7 Å². The number of aryl methyl sites for hydroxylation is 1. The van der Waals surface area contributed by atoms with Gasteiger partial charge in [-0.15, -0.1) is 0 Å². The van der Waals surface area contributed by atoms with E-state index in [1.54, 1.807) is 7.11 Å². The third-order valence-corrected chi connectivity index (χ3v) is 4.21. The molecule has 6 nitrogen and oxygen atoms in total. The van der Waals surface area contributed by atoms with Crippen LogP contribution in [0, 0.1) is 0 Å². The molecule has 0 bridgehead atoms. The fraction of sp³-hybridized carbons (Fsp3) is 0.444. The van der Waals surface area contributed by atoms with Crippen molar-refractivity contribution < 1.29 is 14.3 Å². The van der Waals surface area contributed by atoms with Crippen LogP contribution < -0.4 is 4.74 Å². The number of hydrogen-bond acceptors (Lipinski definition) is 4. The summed E-state index contributed by atoms with van der Waals surface area (Å²) in [7, 11) is 1.68. The van der Waals surface area contributed by atoms with Gasteiger partial charge in [-0.1, -0.05) is 18.2 Å². The normalized spacial score (nSPS) is 16.8. The largest absolute Gasteiger partial charge is 0.484 e. The lowest BCUT2D eigenvalue weighted by molar-refractivity contribution is -0.134. The number of aromatic nitrogens is 2. The Morgan fingerprint density at radius 2 is 2.12 bits per heavy atom. The van der Waals surface area contributed by atoms with Gasteiger partial charge in [0.15, 0.2) is 6.61 Å². The van der Waals surface area contributed by atoms with Gasteiger partial charge in [0, 0.05) is 44.4 Å². The van der Waals surface area contributed by atoms with Crippen LogP contribution in [0.25, 0.3) is 0 Å². The molecule has 0 radical (unpaired) electrons. The van der Waals surface area contributed by atoms with Gasteiger partial charge in [-0.2, -0.15) is 5.10 Å². The van der Waals surface area contributed by atoms with Gasteiger partial charge in [-0.25, -0.2) is 0 Å². The molecule has 2 aromatic rings. The Morgan fingerprint density at radius 3 is 2.83 bits per heavy atom. The van der Waals surface area contributed by atoms with Crippen LogP contribution in [0.15, 0.2) is 36.5 Å². The van der Waals surface area contributed by atoms with Gasteiger partial charge in [-0.3, -0.25) is 9.48 Å². The number of para-hydroxylation sites is 1. The van der Waals surface area contributed by atoms with Crippen molar-refractivity contribution in [2.24, 2.45) is 0 Å². The van der Waals surface area contributed by atoms with Gasteiger partial charge in [0.25, 0.3) is 5.91 Å². The van der Waals surface area contributed by atoms with Crippen molar-refractivity contribution in [2.75, 3.05) is 26.9 Å². The van der Waals surface area contributed by atoms with E-state index in [1.165, 1.54) is 0 Å². The first kappa shape index (κ1) is 16.5. The maximum atomic E-state index is 12.5. The molecule has 0 aliphatic carbocycles. The smallest absolute Gasteiger partial charge is 0.260 e. The molecule has 128 valence electrons. The fourth-order valence-corrected chi connectivity index (χ4v) is 3.00. The number of carbonyl (C=O) groups excluding carboxylic acids is 1. The van der Waals surface area contributed by atoms with Crippen LogP contribution in [-0.4, -0.2) is 47.5 Å². The Balaban J connectivity index is 1.68. The molecule has 0 fully saturated rings. The summed E-state index contributed by atoms with van der Waals surface area (Å²) in [6.07, 6.45) is 2.02. The number of amides is 1. The second kappa shape index (κ2) is 7.49. The van der Waals surface area contributed by atoms with E-state index in [0.717, 1.165) is 17.8 Å². The van der Waals surface area contributed by atoms with Crippen LogP contribution in [-0.2, 0) is 22.6 Å². The van der Waals surface area contributed by atoms with Crippen molar-refractivity contribution in [3.05, 3.63) is 47.8 Å². The van der Waals surface area contributed by atoms with E-state index >= 15 is 0 Å². The highest BCUT2D eigenvalue weighted by molar-refractivity contribution is 5.78. The molecule has 1 aliphatic heterocycles. The third-order valence-electron chi connectivity index (χ3n) is 4.21. The maximum Gasteiger partial charge on any atom is 0.260 e. The summed E-state index contributed by atoms with van der Waals surface area (Å²) in [6.45, 7) is 4.65. The average Bonchev–Trinajstić information content (AvgIpc) is 3.04. The summed E-state index contributed by atoms with van der Waals surface area (Å²) in [6, 6.07) is 9.39. The number of rotatable bonds is 6. The van der Waals surface area contributed by atoms with Gasteiger partial charge in [0.1, 0.15) is 5.75 Å². The van der Waals surface area contributed by atoms with Gasteiger partial charge in [-0.05, 0) is 19.1 Å². The van der Waals surface area contributed by atoms with E-state index in [4.69, 9.17) is 9.47 Å². The Bertz CT molecular complexity index is 684. The Hall–Kier alpha value is -2.34. The second-order valence-corrected chi connectivity index (χ2v) is 5.92. The number of carbonyl (C=O) groups is 1. The molecule has 2 heterocycles. The second-order valence-electron chi connectivity index (χ2n) is 5.92. The zero-order chi connectivity index (χ0) is 16.9. The van der Waals surface area contributed by atoms with Crippen LogP contribution in [0.5, 0.6) is 5.75 Å². The minimum Gasteiger partial charge on any atom is -0.484 e. The number of ether oxygens (including phenoxy) is 2. The van der Waals surface area contributed by atoms with Crippen LogP contribution in [0.1, 0.15) is 24.1 Å². The molecule has 0 N–H and O–H groups in total. The van der Waals surface area contributed by atoms with Crippen molar-refractivity contribution in [3.63, 3.8) is 0 Å². The van der Waals surface area contributed by atoms with E-state index < -0.39 is 0 Å². The third kappa shape index (κ3) is 3.59. The molecular weight excluding hydrogens is 306 g/mol. The number of methoxy groups -OCH3 is 1. The molecule has 1 atom stereocenters. The lowest BCUT2D eigenvalue weighted by Gasteiger charge is -2.31. The van der Waals surface area contributed by atoms with Gasteiger partial charge < -0.3 is 14.4 Å². The first-order chi connectivity index (χ1) is 11.7. The standard InChI is InChI=1S/C18H23N3O3/c1-3-21-11-14-9-20(10-15(12-23-2)18(14)19-21)17(22)13-24-16-7-5-4-6-8-16/h4-8,11,15H,3,9-10,12-13H2,1-2H3/t15-/m0/s1. The van der Waals surface area contributed by atoms with Crippen LogP contribution in [0.3, 0.4) is 0 Å². The fourth-order valence-electron chi connectivity index (χ4n) is 3.00. The van der Waals surface area contributed by atoms with Crippen molar-refractivity contribution in [3.8, 4) is 5.75 Å². The lowest BCUT2D eigenvalue weighted by atomic mass is 9.97. The molecule has 0 saturated carbocycles. The van der Waals surface area contributed by atoms with Gasteiger partial charge in [0.2, 0.25) is 0 Å². The molecule has 3 rings (SSSR count). The summed E-state index contributed by atoms with van der Waals surface area (Å²) in [5.74, 6) is 0.790. The predicted octanol–water partition coefficient (Wildman–Crippen LogP) is 2.05. The SMILES string of the molecule is CCn1cc2c(n1)[C@H](COC)CN(C(=O)COc1ccccc1)C2. The van der Waals surface area contributed by atoms with Gasteiger partial charge in [0.05, 0.1) is 12.3 Å². The molecule has 1 amide bonds. The highest BCUT2D eigenvalue weighted by Crippen LogP contribution is 2.27. The summed E-state index contributed by atoms with van der Waals surface area (Å²) < 4.78 is 12.8. The molecule has 0 unspecified atom stereocenters. The van der Waals surface area contributed by atoms with E-state index in [-0.39, 0.29) is 18.4 Å². The molecule has 6 heteroatoms. The molecular formula is C18H23N3O3. The molecule has 1 aromatic heterocycles. The maximum absolute atomic E-state index is 12.5. The summed E-state index contributed by atoms with van der Waals surface area (Å²) in [5, 5.41) is 4.62. The minimum absolute atomic E-state index is 0.0187. The topological polar surface area (TPSA) is 56.6 Å². The molecule has 0 spiro atoms. The molecule has 1 aromatic carbocycles. The van der Waals surface area contributed by atoms with Crippen LogP contribution in [0.2, 0.25) is 0 Å². The number of benzene rings is 1. The van der Waals surface area contributed by atoms with Crippen molar-refractivity contribution in [1.29, 1.82) is 0 Å². The monoisotopic (exact) mass is 329 g/mol. The lowest BCUT2D eigenvalue weighted by Crippen LogP contribution is -2.41. The van der Waals surface area contributed by atoms with Crippen LogP contribution >= 0.6 is 0 Å².